The first-order valence-corrected chi connectivity index (χ1v) is 8.96. The molecule has 0 spiro atoms. The van der Waals surface area contributed by atoms with Crippen molar-refractivity contribution in [2.75, 3.05) is 13.1 Å². The Hall–Kier alpha value is -2.84. The molecular formula is C19H21F3N4O2. The molecule has 1 saturated heterocycles. The van der Waals surface area contributed by atoms with Crippen molar-refractivity contribution in [3.63, 3.8) is 0 Å². The molecule has 1 aliphatic rings. The minimum absolute atomic E-state index is 0.0506. The van der Waals surface area contributed by atoms with E-state index in [1.807, 2.05) is 0 Å². The summed E-state index contributed by atoms with van der Waals surface area (Å²) in [6.07, 6.45) is -0.187. The van der Waals surface area contributed by atoms with Crippen LogP contribution in [0.5, 0.6) is 0 Å². The highest BCUT2D eigenvalue weighted by Crippen LogP contribution is 2.29. The summed E-state index contributed by atoms with van der Waals surface area (Å²) < 4.78 is 39.9. The number of aryl methyl sites for hydroxylation is 1. The van der Waals surface area contributed by atoms with Crippen molar-refractivity contribution in [1.29, 1.82) is 0 Å². The van der Waals surface area contributed by atoms with Crippen LogP contribution in [0, 0.1) is 0 Å². The van der Waals surface area contributed by atoms with E-state index in [0.29, 0.717) is 37.1 Å². The number of carbonyl (C=O) groups excluding carboxylic acids is 2. The molecule has 2 amide bonds. The molecule has 1 aromatic carbocycles. The zero-order valence-electron chi connectivity index (χ0n) is 15.4. The lowest BCUT2D eigenvalue weighted by Crippen LogP contribution is -2.46. The number of nitrogens with zero attached hydrogens (tertiary/aromatic N) is 3. The van der Waals surface area contributed by atoms with Gasteiger partial charge in [-0.15, -0.1) is 0 Å². The molecule has 1 aliphatic heterocycles. The quantitative estimate of drug-likeness (QED) is 0.866. The van der Waals surface area contributed by atoms with Crippen LogP contribution in [-0.2, 0) is 24.4 Å². The largest absolute Gasteiger partial charge is 0.416 e. The monoisotopic (exact) mass is 394 g/mol. The maximum absolute atomic E-state index is 12.8. The molecule has 9 heteroatoms. The molecule has 1 N–H and O–H groups in total. The molecule has 0 aliphatic carbocycles. The van der Waals surface area contributed by atoms with E-state index >= 15 is 0 Å². The van der Waals surface area contributed by atoms with Gasteiger partial charge < -0.3 is 10.2 Å². The lowest BCUT2D eigenvalue weighted by atomic mass is 10.0. The summed E-state index contributed by atoms with van der Waals surface area (Å²) in [5.41, 5.74) is 0.0620. The highest BCUT2D eigenvalue weighted by Gasteiger charge is 2.31. The van der Waals surface area contributed by atoms with E-state index in [2.05, 4.69) is 10.4 Å². The number of amides is 2. The normalized spacial score (nSPS) is 15.5. The number of likely N-dealkylation sites (tertiary alicyclic amines) is 1. The van der Waals surface area contributed by atoms with E-state index in [0.717, 1.165) is 12.1 Å². The number of hydrogen-bond acceptors (Lipinski definition) is 3. The number of halogens is 3. The number of benzene rings is 1. The predicted octanol–water partition coefficient (Wildman–Crippen LogP) is 2.40. The summed E-state index contributed by atoms with van der Waals surface area (Å²) in [7, 11) is 1.73. The maximum atomic E-state index is 12.8. The number of piperidine rings is 1. The summed E-state index contributed by atoms with van der Waals surface area (Å²) in [5.74, 6) is -0.418. The molecule has 0 bridgehead atoms. The fourth-order valence-electron chi connectivity index (χ4n) is 3.22. The summed E-state index contributed by atoms with van der Waals surface area (Å²) >= 11 is 0. The van der Waals surface area contributed by atoms with Gasteiger partial charge in [-0.1, -0.05) is 18.2 Å². The average molecular weight is 394 g/mol. The van der Waals surface area contributed by atoms with Crippen molar-refractivity contribution < 1.29 is 22.8 Å². The molecule has 28 heavy (non-hydrogen) atoms. The van der Waals surface area contributed by atoms with Crippen LogP contribution < -0.4 is 5.32 Å². The lowest BCUT2D eigenvalue weighted by molar-refractivity contribution is -0.138. The van der Waals surface area contributed by atoms with Crippen molar-refractivity contribution >= 4 is 11.8 Å². The third-order valence-electron chi connectivity index (χ3n) is 4.76. The second kappa shape index (κ2) is 8.04. The lowest BCUT2D eigenvalue weighted by Gasteiger charge is -2.32. The zero-order valence-corrected chi connectivity index (χ0v) is 15.4. The Bertz CT molecular complexity index is 855. The number of nitrogens with one attached hydrogen (secondary N) is 1. The van der Waals surface area contributed by atoms with Gasteiger partial charge in [0.25, 0.3) is 5.91 Å². The van der Waals surface area contributed by atoms with Crippen molar-refractivity contribution in [2.45, 2.75) is 31.5 Å². The molecule has 6 nitrogen and oxygen atoms in total. The van der Waals surface area contributed by atoms with Crippen LogP contribution in [0.25, 0.3) is 0 Å². The van der Waals surface area contributed by atoms with Gasteiger partial charge in [0.1, 0.15) is 0 Å². The van der Waals surface area contributed by atoms with Crippen LogP contribution in [0.4, 0.5) is 13.2 Å². The highest BCUT2D eigenvalue weighted by atomic mass is 19.4. The van der Waals surface area contributed by atoms with Crippen LogP contribution >= 0.6 is 0 Å². The van der Waals surface area contributed by atoms with Crippen molar-refractivity contribution in [3.05, 3.63) is 53.3 Å². The van der Waals surface area contributed by atoms with Crippen LogP contribution in [0.1, 0.15) is 34.3 Å². The Morgan fingerprint density at radius 1 is 1.25 bits per heavy atom. The standard InChI is InChI=1S/C19H21F3N4O2/c1-25-12-14(11-23-25)18(28)24-16-5-7-26(8-6-16)17(27)10-13-3-2-4-15(9-13)19(20,21)22/h2-4,9,11-12,16H,5-8,10H2,1H3,(H,24,28). The van der Waals surface area contributed by atoms with Crippen molar-refractivity contribution in [2.24, 2.45) is 7.05 Å². The van der Waals surface area contributed by atoms with E-state index < -0.39 is 11.7 Å². The minimum Gasteiger partial charge on any atom is -0.349 e. The highest BCUT2D eigenvalue weighted by molar-refractivity contribution is 5.93. The molecule has 1 aromatic heterocycles. The molecule has 150 valence electrons. The molecule has 3 rings (SSSR count). The Balaban J connectivity index is 1.51. The molecular weight excluding hydrogens is 373 g/mol. The van der Waals surface area contributed by atoms with Crippen LogP contribution in [0.3, 0.4) is 0 Å². The van der Waals surface area contributed by atoms with Crippen LogP contribution in [-0.4, -0.2) is 45.6 Å². The maximum Gasteiger partial charge on any atom is 0.416 e. The number of alkyl halides is 3. The van der Waals surface area contributed by atoms with Crippen molar-refractivity contribution in [3.8, 4) is 0 Å². The Labute approximate surface area is 160 Å². The van der Waals surface area contributed by atoms with E-state index in [9.17, 15) is 22.8 Å². The summed E-state index contributed by atoms with van der Waals surface area (Å²) in [6, 6.07) is 4.79. The zero-order chi connectivity index (χ0) is 20.3. The fourth-order valence-corrected chi connectivity index (χ4v) is 3.22. The van der Waals surface area contributed by atoms with Gasteiger partial charge in [0, 0.05) is 32.4 Å². The van der Waals surface area contributed by atoms with E-state index in [1.54, 1.807) is 22.8 Å². The molecule has 2 aromatic rings. The predicted molar refractivity (Wildman–Crippen MR) is 95.4 cm³/mol. The number of aromatic nitrogens is 2. The summed E-state index contributed by atoms with van der Waals surface area (Å²) in [4.78, 5) is 26.2. The van der Waals surface area contributed by atoms with Gasteiger partial charge in [0.15, 0.2) is 0 Å². The Morgan fingerprint density at radius 3 is 2.57 bits per heavy atom. The minimum atomic E-state index is -4.43. The van der Waals surface area contributed by atoms with E-state index in [1.165, 1.54) is 18.3 Å². The SMILES string of the molecule is Cn1cc(C(=O)NC2CCN(C(=O)Cc3cccc(C(F)(F)F)c3)CC2)cn1. The van der Waals surface area contributed by atoms with Gasteiger partial charge in [-0.3, -0.25) is 14.3 Å². The first-order valence-electron chi connectivity index (χ1n) is 8.96. The second-order valence-electron chi connectivity index (χ2n) is 6.91. The van der Waals surface area contributed by atoms with Gasteiger partial charge in [0.05, 0.1) is 23.7 Å². The fraction of sp³-hybridized carbons (Fsp3) is 0.421. The first kappa shape index (κ1) is 19.9. The average Bonchev–Trinajstić information content (AvgIpc) is 3.08. The van der Waals surface area contributed by atoms with Gasteiger partial charge >= 0.3 is 6.18 Å². The van der Waals surface area contributed by atoms with Gasteiger partial charge in [-0.2, -0.15) is 18.3 Å². The van der Waals surface area contributed by atoms with E-state index in [-0.39, 0.29) is 24.3 Å². The third-order valence-corrected chi connectivity index (χ3v) is 4.76. The number of carbonyl (C=O) groups is 2. The molecule has 0 radical (unpaired) electrons. The Morgan fingerprint density at radius 2 is 1.96 bits per heavy atom. The summed E-state index contributed by atoms with van der Waals surface area (Å²) in [5, 5.41) is 6.89. The van der Waals surface area contributed by atoms with Gasteiger partial charge in [-0.25, -0.2) is 0 Å². The number of rotatable bonds is 4. The smallest absolute Gasteiger partial charge is 0.349 e. The van der Waals surface area contributed by atoms with Gasteiger partial charge in [-0.05, 0) is 24.5 Å². The second-order valence-corrected chi connectivity index (χ2v) is 6.91. The summed E-state index contributed by atoms with van der Waals surface area (Å²) in [6.45, 7) is 0.908. The molecule has 0 unspecified atom stereocenters. The van der Waals surface area contributed by atoms with Crippen molar-refractivity contribution in [1.82, 2.24) is 20.0 Å². The molecule has 0 saturated carbocycles. The topological polar surface area (TPSA) is 67.2 Å². The molecule has 1 fully saturated rings. The third kappa shape index (κ3) is 4.90. The Kier molecular flexibility index (Phi) is 5.71. The molecule has 0 atom stereocenters. The van der Waals surface area contributed by atoms with Crippen LogP contribution in [0.2, 0.25) is 0 Å². The van der Waals surface area contributed by atoms with Gasteiger partial charge in [0.2, 0.25) is 5.91 Å². The van der Waals surface area contributed by atoms with Crippen LogP contribution in [0.15, 0.2) is 36.7 Å². The molecule has 2 heterocycles. The number of hydrogen-bond donors (Lipinski definition) is 1. The van der Waals surface area contributed by atoms with E-state index in [4.69, 9.17) is 0 Å². The first-order chi connectivity index (χ1) is 13.2.